The van der Waals surface area contributed by atoms with E-state index in [0.29, 0.717) is 24.3 Å². The fourth-order valence-electron chi connectivity index (χ4n) is 3.34. The molecule has 2 aromatic carbocycles. The second kappa shape index (κ2) is 9.30. The molecule has 0 atom stereocenters. The van der Waals surface area contributed by atoms with E-state index in [1.54, 1.807) is 36.4 Å². The number of carbonyl (C=O) groups is 1. The minimum absolute atomic E-state index is 0.115. The summed E-state index contributed by atoms with van der Waals surface area (Å²) in [5.74, 6) is -0.617. The van der Waals surface area contributed by atoms with Crippen LogP contribution in [-0.2, 0) is 21.2 Å². The third-order valence-electron chi connectivity index (χ3n) is 4.90. The second-order valence-corrected chi connectivity index (χ2v) is 8.92. The van der Waals surface area contributed by atoms with E-state index in [1.807, 2.05) is 0 Å². The zero-order chi connectivity index (χ0) is 20.0. The first-order chi connectivity index (χ1) is 13.5. The van der Waals surface area contributed by atoms with Crippen LogP contribution in [0.25, 0.3) is 0 Å². The van der Waals surface area contributed by atoms with Crippen molar-refractivity contribution in [3.63, 3.8) is 0 Å². The lowest BCUT2D eigenvalue weighted by Gasteiger charge is -2.20. The van der Waals surface area contributed by atoms with Crippen molar-refractivity contribution < 1.29 is 17.6 Å². The summed E-state index contributed by atoms with van der Waals surface area (Å²) in [7, 11) is -3.57. The quantitative estimate of drug-likeness (QED) is 0.792. The molecule has 1 aliphatic heterocycles. The number of sulfonamides is 1. The molecule has 1 heterocycles. The summed E-state index contributed by atoms with van der Waals surface area (Å²) in [6.45, 7) is 1.06. The minimum atomic E-state index is -3.57. The Morgan fingerprint density at radius 1 is 1.00 bits per heavy atom. The van der Waals surface area contributed by atoms with Crippen molar-refractivity contribution in [3.8, 4) is 0 Å². The molecule has 1 saturated heterocycles. The maximum Gasteiger partial charge on any atom is 0.243 e. The number of nitrogens with zero attached hydrogens (tertiary/aromatic N) is 1. The average Bonchev–Trinajstić information content (AvgIpc) is 2.98. The molecular weight excluding hydrogens is 379 g/mol. The van der Waals surface area contributed by atoms with Gasteiger partial charge in [0.2, 0.25) is 15.9 Å². The van der Waals surface area contributed by atoms with E-state index < -0.39 is 10.0 Å². The molecule has 0 aromatic heterocycles. The summed E-state index contributed by atoms with van der Waals surface area (Å²) in [5.41, 5.74) is 0.907. The number of carbonyl (C=O) groups excluding carboxylic acids is 1. The van der Waals surface area contributed by atoms with Crippen molar-refractivity contribution in [1.29, 1.82) is 0 Å². The highest BCUT2D eigenvalue weighted by atomic mass is 32.2. The Bertz CT molecular complexity index is 923. The number of halogens is 1. The lowest BCUT2D eigenvalue weighted by atomic mass is 10.1. The lowest BCUT2D eigenvalue weighted by molar-refractivity contribution is -0.116. The van der Waals surface area contributed by atoms with Gasteiger partial charge in [0.1, 0.15) is 5.82 Å². The summed E-state index contributed by atoms with van der Waals surface area (Å²) in [6.07, 6.45) is 4.22. The minimum Gasteiger partial charge on any atom is -0.326 e. The first-order valence-electron chi connectivity index (χ1n) is 9.60. The van der Waals surface area contributed by atoms with Gasteiger partial charge < -0.3 is 5.32 Å². The van der Waals surface area contributed by atoms with Gasteiger partial charge in [0.25, 0.3) is 0 Å². The lowest BCUT2D eigenvalue weighted by Crippen LogP contribution is -2.32. The predicted octanol–water partition coefficient (Wildman–Crippen LogP) is 3.96. The van der Waals surface area contributed by atoms with Crippen LogP contribution in [0.4, 0.5) is 10.1 Å². The van der Waals surface area contributed by atoms with Crippen LogP contribution in [0, 0.1) is 5.82 Å². The molecule has 1 fully saturated rings. The van der Waals surface area contributed by atoms with Crippen molar-refractivity contribution in [3.05, 3.63) is 59.9 Å². The monoisotopic (exact) mass is 404 g/mol. The van der Waals surface area contributed by atoms with Crippen molar-refractivity contribution >= 4 is 21.6 Å². The first-order valence-corrected chi connectivity index (χ1v) is 11.0. The van der Waals surface area contributed by atoms with Crippen LogP contribution in [-0.4, -0.2) is 31.7 Å². The van der Waals surface area contributed by atoms with Crippen LogP contribution in [0.5, 0.6) is 0 Å². The number of benzene rings is 2. The van der Waals surface area contributed by atoms with E-state index >= 15 is 0 Å². The average molecular weight is 405 g/mol. The Balaban J connectivity index is 1.65. The molecular formula is C21H25FN2O3S. The van der Waals surface area contributed by atoms with Crippen LogP contribution in [0.3, 0.4) is 0 Å². The summed E-state index contributed by atoms with van der Waals surface area (Å²) in [4.78, 5) is 12.4. The molecule has 28 heavy (non-hydrogen) atoms. The van der Waals surface area contributed by atoms with Crippen molar-refractivity contribution in [1.82, 2.24) is 4.31 Å². The molecule has 0 radical (unpaired) electrons. The van der Waals surface area contributed by atoms with E-state index in [1.165, 1.54) is 16.4 Å². The maximum atomic E-state index is 13.7. The predicted molar refractivity (Wildman–Crippen MR) is 107 cm³/mol. The Labute approximate surface area is 165 Å². The van der Waals surface area contributed by atoms with Crippen molar-refractivity contribution in [2.24, 2.45) is 0 Å². The fourth-order valence-corrected chi connectivity index (χ4v) is 4.90. The summed E-state index contributed by atoms with van der Waals surface area (Å²) in [6, 6.07) is 12.7. The number of rotatable bonds is 6. The molecule has 0 aliphatic carbocycles. The molecule has 5 nitrogen and oxygen atoms in total. The van der Waals surface area contributed by atoms with Crippen LogP contribution >= 0.6 is 0 Å². The van der Waals surface area contributed by atoms with Gasteiger partial charge in [0.05, 0.1) is 4.90 Å². The van der Waals surface area contributed by atoms with E-state index in [0.717, 1.165) is 25.7 Å². The standard InChI is InChI=1S/C21H25FN2O3S/c22-20-11-4-3-8-17(20)12-13-21(25)23-18-9-7-10-19(16-18)28(26,27)24-14-5-1-2-6-15-24/h3-4,7-11,16H,1-2,5-6,12-15H2,(H,23,25). The van der Waals surface area contributed by atoms with Gasteiger partial charge >= 0.3 is 0 Å². The van der Waals surface area contributed by atoms with Crippen molar-refractivity contribution in [2.75, 3.05) is 18.4 Å². The molecule has 0 spiro atoms. The topological polar surface area (TPSA) is 66.5 Å². The second-order valence-electron chi connectivity index (χ2n) is 6.99. The zero-order valence-electron chi connectivity index (χ0n) is 15.7. The Morgan fingerprint density at radius 3 is 2.43 bits per heavy atom. The SMILES string of the molecule is O=C(CCc1ccccc1F)Nc1cccc(S(=O)(=O)N2CCCCCC2)c1. The third kappa shape index (κ3) is 5.17. The Hall–Kier alpha value is -2.25. The maximum absolute atomic E-state index is 13.7. The Kier molecular flexibility index (Phi) is 6.80. The van der Waals surface area contributed by atoms with Gasteiger partial charge in [0, 0.05) is 25.2 Å². The van der Waals surface area contributed by atoms with Gasteiger partial charge in [-0.1, -0.05) is 37.1 Å². The highest BCUT2D eigenvalue weighted by Crippen LogP contribution is 2.23. The molecule has 0 saturated carbocycles. The van der Waals surface area contributed by atoms with Crippen LogP contribution in [0.15, 0.2) is 53.4 Å². The molecule has 1 N–H and O–H groups in total. The third-order valence-corrected chi connectivity index (χ3v) is 6.79. The zero-order valence-corrected chi connectivity index (χ0v) is 16.6. The number of nitrogens with one attached hydrogen (secondary N) is 1. The van der Waals surface area contributed by atoms with Gasteiger partial charge in [-0.25, -0.2) is 12.8 Å². The molecule has 0 bridgehead atoms. The number of anilines is 1. The van der Waals surface area contributed by atoms with Gasteiger partial charge in [-0.15, -0.1) is 0 Å². The van der Waals surface area contributed by atoms with Crippen molar-refractivity contribution in [2.45, 2.75) is 43.4 Å². The highest BCUT2D eigenvalue weighted by Gasteiger charge is 2.25. The highest BCUT2D eigenvalue weighted by molar-refractivity contribution is 7.89. The van der Waals surface area contributed by atoms with Crippen LogP contribution in [0.1, 0.15) is 37.7 Å². The normalized spacial score (nSPS) is 15.8. The summed E-state index contributed by atoms with van der Waals surface area (Å²) < 4.78 is 41.0. The summed E-state index contributed by atoms with van der Waals surface area (Å²) >= 11 is 0. The first kappa shape index (κ1) is 20.5. The van der Waals surface area contributed by atoms with Crippen LogP contribution < -0.4 is 5.32 Å². The van der Waals surface area contributed by atoms with Crippen LogP contribution in [0.2, 0.25) is 0 Å². The molecule has 150 valence electrons. The van der Waals surface area contributed by atoms with Gasteiger partial charge in [-0.2, -0.15) is 4.31 Å². The Morgan fingerprint density at radius 2 is 1.71 bits per heavy atom. The number of aryl methyl sites for hydroxylation is 1. The molecule has 7 heteroatoms. The molecule has 3 rings (SSSR count). The molecule has 2 aromatic rings. The van der Waals surface area contributed by atoms with E-state index in [-0.39, 0.29) is 29.5 Å². The molecule has 1 aliphatic rings. The van der Waals surface area contributed by atoms with Gasteiger partial charge in [-0.05, 0) is 49.1 Å². The largest absolute Gasteiger partial charge is 0.326 e. The van der Waals surface area contributed by atoms with E-state index in [2.05, 4.69) is 5.32 Å². The smallest absolute Gasteiger partial charge is 0.243 e. The number of hydrogen-bond donors (Lipinski definition) is 1. The molecule has 1 amide bonds. The molecule has 0 unspecified atom stereocenters. The van der Waals surface area contributed by atoms with E-state index in [9.17, 15) is 17.6 Å². The fraction of sp³-hybridized carbons (Fsp3) is 0.381. The van der Waals surface area contributed by atoms with E-state index in [4.69, 9.17) is 0 Å². The van der Waals surface area contributed by atoms with Gasteiger partial charge in [-0.3, -0.25) is 4.79 Å². The summed E-state index contributed by atoms with van der Waals surface area (Å²) in [5, 5.41) is 2.72. The van der Waals surface area contributed by atoms with Gasteiger partial charge in [0.15, 0.2) is 0 Å². The number of hydrogen-bond acceptors (Lipinski definition) is 3. The number of amides is 1.